The molecule has 0 saturated carbocycles. The van der Waals surface area contributed by atoms with Crippen molar-refractivity contribution in [2.45, 2.75) is 19.6 Å². The average molecular weight is 414 g/mol. The number of anilines is 1. The first-order chi connectivity index (χ1) is 12.1. The van der Waals surface area contributed by atoms with Crippen LogP contribution in [-0.2, 0) is 6.54 Å². The molecular weight excluding hydrogens is 398 g/mol. The molecule has 6 heteroatoms. The summed E-state index contributed by atoms with van der Waals surface area (Å²) in [5.41, 5.74) is 3.56. The van der Waals surface area contributed by atoms with E-state index in [-0.39, 0.29) is 12.1 Å². The molecule has 2 aromatic heterocycles. The molecule has 3 heterocycles. The van der Waals surface area contributed by atoms with E-state index in [0.29, 0.717) is 12.1 Å². The van der Waals surface area contributed by atoms with Crippen LogP contribution >= 0.6 is 27.3 Å². The maximum atomic E-state index is 12.9. The van der Waals surface area contributed by atoms with Crippen molar-refractivity contribution in [2.24, 2.45) is 0 Å². The average Bonchev–Trinajstić information content (AvgIpc) is 3.21. The van der Waals surface area contributed by atoms with Gasteiger partial charge in [-0.2, -0.15) is 0 Å². The first-order valence-electron chi connectivity index (χ1n) is 7.94. The first kappa shape index (κ1) is 16.3. The smallest absolute Gasteiger partial charge is 0.258 e. The van der Waals surface area contributed by atoms with E-state index in [1.165, 1.54) is 0 Å². The van der Waals surface area contributed by atoms with Gasteiger partial charge >= 0.3 is 0 Å². The van der Waals surface area contributed by atoms with E-state index < -0.39 is 0 Å². The minimum absolute atomic E-state index is 0.0165. The van der Waals surface area contributed by atoms with Gasteiger partial charge in [0.1, 0.15) is 6.17 Å². The fourth-order valence-electron chi connectivity index (χ4n) is 3.01. The number of nitrogens with zero attached hydrogens (tertiary/aromatic N) is 2. The van der Waals surface area contributed by atoms with E-state index >= 15 is 0 Å². The number of halogens is 1. The topological polar surface area (TPSA) is 45.2 Å². The van der Waals surface area contributed by atoms with Crippen LogP contribution in [0.5, 0.6) is 0 Å². The largest absolute Gasteiger partial charge is 0.360 e. The minimum atomic E-state index is -0.272. The molecule has 0 spiro atoms. The third-order valence-electron chi connectivity index (χ3n) is 4.27. The number of rotatable bonds is 4. The Morgan fingerprint density at radius 1 is 1.28 bits per heavy atom. The van der Waals surface area contributed by atoms with E-state index in [0.717, 1.165) is 26.3 Å². The maximum Gasteiger partial charge on any atom is 0.258 e. The molecule has 3 aromatic rings. The Balaban J connectivity index is 1.70. The molecule has 126 valence electrons. The summed E-state index contributed by atoms with van der Waals surface area (Å²) in [7, 11) is 0. The van der Waals surface area contributed by atoms with Crippen molar-refractivity contribution in [1.82, 2.24) is 9.88 Å². The Morgan fingerprint density at radius 3 is 2.92 bits per heavy atom. The van der Waals surface area contributed by atoms with Crippen molar-refractivity contribution in [3.05, 3.63) is 80.2 Å². The van der Waals surface area contributed by atoms with Gasteiger partial charge in [-0.1, -0.05) is 22.0 Å². The lowest BCUT2D eigenvalue weighted by atomic mass is 10.2. The van der Waals surface area contributed by atoms with E-state index in [9.17, 15) is 4.79 Å². The molecule has 0 radical (unpaired) electrons. The van der Waals surface area contributed by atoms with Gasteiger partial charge in [0.2, 0.25) is 0 Å². The van der Waals surface area contributed by atoms with Crippen LogP contribution in [0.2, 0.25) is 0 Å². The number of thiophene rings is 1. The number of aryl methyl sites for hydroxylation is 1. The van der Waals surface area contributed by atoms with Gasteiger partial charge in [-0.3, -0.25) is 9.78 Å². The van der Waals surface area contributed by atoms with Crippen molar-refractivity contribution >= 4 is 38.9 Å². The van der Waals surface area contributed by atoms with Gasteiger partial charge in [-0.25, -0.2) is 0 Å². The lowest BCUT2D eigenvalue weighted by molar-refractivity contribution is 0.0729. The summed E-state index contributed by atoms with van der Waals surface area (Å²) in [6.07, 6.45) is 1.47. The Kier molecular flexibility index (Phi) is 4.31. The number of amides is 1. The van der Waals surface area contributed by atoms with Crippen molar-refractivity contribution < 1.29 is 4.79 Å². The number of carbonyl (C=O) groups is 1. The van der Waals surface area contributed by atoms with E-state index in [4.69, 9.17) is 0 Å². The molecule has 1 atom stereocenters. The van der Waals surface area contributed by atoms with E-state index in [1.54, 1.807) is 17.5 Å². The van der Waals surface area contributed by atoms with Crippen LogP contribution in [-0.4, -0.2) is 15.8 Å². The van der Waals surface area contributed by atoms with Crippen molar-refractivity contribution in [3.8, 4) is 0 Å². The standard InChI is InChI=1S/C19H16BrN3OS/c1-12-10-13(6-7-16(12)20)22-18-17-15(5-2-8-21-17)19(24)23(18)11-14-4-3-9-25-14/h2-10,18,22H,11H2,1H3/t18-/m1/s1. The van der Waals surface area contributed by atoms with Gasteiger partial charge in [-0.15, -0.1) is 11.3 Å². The quantitative estimate of drug-likeness (QED) is 0.655. The van der Waals surface area contributed by atoms with Gasteiger partial charge in [0.25, 0.3) is 5.91 Å². The van der Waals surface area contributed by atoms with E-state index in [2.05, 4.69) is 38.4 Å². The normalized spacial score (nSPS) is 16.2. The molecule has 0 saturated heterocycles. The molecule has 25 heavy (non-hydrogen) atoms. The van der Waals surface area contributed by atoms with Crippen LogP contribution in [0, 0.1) is 6.92 Å². The van der Waals surface area contributed by atoms with Gasteiger partial charge in [0, 0.05) is 21.2 Å². The Bertz CT molecular complexity index is 926. The van der Waals surface area contributed by atoms with Crippen LogP contribution in [0.15, 0.2) is 58.5 Å². The number of fused-ring (bicyclic) bond motifs is 1. The molecule has 0 unspecified atom stereocenters. The SMILES string of the molecule is Cc1cc(N[C@H]2c3ncccc3C(=O)N2Cc2cccs2)ccc1Br. The number of nitrogens with one attached hydrogen (secondary N) is 1. The molecule has 1 amide bonds. The molecule has 0 fully saturated rings. The lowest BCUT2D eigenvalue weighted by Crippen LogP contribution is -2.31. The zero-order chi connectivity index (χ0) is 17.4. The highest BCUT2D eigenvalue weighted by molar-refractivity contribution is 9.10. The summed E-state index contributed by atoms with van der Waals surface area (Å²) in [5, 5.41) is 5.51. The van der Waals surface area contributed by atoms with Crippen LogP contribution in [0.25, 0.3) is 0 Å². The second-order valence-electron chi connectivity index (χ2n) is 5.96. The molecule has 1 aliphatic rings. The van der Waals surface area contributed by atoms with Crippen LogP contribution in [0.1, 0.15) is 32.7 Å². The molecule has 4 rings (SSSR count). The lowest BCUT2D eigenvalue weighted by Gasteiger charge is -2.26. The van der Waals surface area contributed by atoms with Crippen molar-refractivity contribution in [2.75, 3.05) is 5.32 Å². The fraction of sp³-hybridized carbons (Fsp3) is 0.158. The third-order valence-corrected chi connectivity index (χ3v) is 6.02. The number of hydrogen-bond acceptors (Lipinski definition) is 4. The van der Waals surface area contributed by atoms with Gasteiger partial charge in [-0.05, 0) is 54.3 Å². The Labute approximate surface area is 158 Å². The zero-order valence-corrected chi connectivity index (χ0v) is 16.0. The van der Waals surface area contributed by atoms with Crippen LogP contribution < -0.4 is 5.32 Å². The molecule has 1 aliphatic heterocycles. The number of carbonyl (C=O) groups excluding carboxylic acids is 1. The van der Waals surface area contributed by atoms with Crippen molar-refractivity contribution in [1.29, 1.82) is 0 Å². The third kappa shape index (κ3) is 3.07. The molecule has 0 bridgehead atoms. The Hall–Kier alpha value is -2.18. The predicted molar refractivity (Wildman–Crippen MR) is 104 cm³/mol. The highest BCUT2D eigenvalue weighted by Gasteiger charge is 2.38. The summed E-state index contributed by atoms with van der Waals surface area (Å²) in [5.74, 6) is 0.0165. The number of benzene rings is 1. The van der Waals surface area contributed by atoms with Crippen LogP contribution in [0.4, 0.5) is 5.69 Å². The predicted octanol–water partition coefficient (Wildman–Crippen LogP) is 4.98. The summed E-state index contributed by atoms with van der Waals surface area (Å²) in [4.78, 5) is 20.4. The monoisotopic (exact) mass is 413 g/mol. The molecule has 4 nitrogen and oxygen atoms in total. The highest BCUT2D eigenvalue weighted by Crippen LogP contribution is 2.35. The van der Waals surface area contributed by atoms with Gasteiger partial charge in [0.05, 0.1) is 17.8 Å². The molecule has 0 aliphatic carbocycles. The van der Waals surface area contributed by atoms with E-state index in [1.807, 2.05) is 47.5 Å². The van der Waals surface area contributed by atoms with Crippen LogP contribution in [0.3, 0.4) is 0 Å². The second kappa shape index (κ2) is 6.61. The maximum absolute atomic E-state index is 12.9. The number of hydrogen-bond donors (Lipinski definition) is 1. The van der Waals surface area contributed by atoms with Gasteiger partial charge in [0.15, 0.2) is 0 Å². The summed E-state index contributed by atoms with van der Waals surface area (Å²) in [6.45, 7) is 2.62. The number of aromatic nitrogens is 1. The fourth-order valence-corrected chi connectivity index (χ4v) is 3.96. The summed E-state index contributed by atoms with van der Waals surface area (Å²) in [6, 6.07) is 13.8. The summed E-state index contributed by atoms with van der Waals surface area (Å²) < 4.78 is 1.06. The molecule has 1 N–H and O–H groups in total. The Morgan fingerprint density at radius 2 is 2.16 bits per heavy atom. The molecule has 1 aromatic carbocycles. The highest BCUT2D eigenvalue weighted by atomic mass is 79.9. The zero-order valence-electron chi connectivity index (χ0n) is 13.6. The number of pyridine rings is 1. The second-order valence-corrected chi connectivity index (χ2v) is 7.85. The van der Waals surface area contributed by atoms with Crippen molar-refractivity contribution in [3.63, 3.8) is 0 Å². The first-order valence-corrected chi connectivity index (χ1v) is 9.62. The molecular formula is C19H16BrN3OS. The van der Waals surface area contributed by atoms with Gasteiger partial charge < -0.3 is 10.2 Å². The minimum Gasteiger partial charge on any atom is -0.360 e. The summed E-state index contributed by atoms with van der Waals surface area (Å²) >= 11 is 5.18.